The maximum atomic E-state index is 5.77. The summed E-state index contributed by atoms with van der Waals surface area (Å²) in [7, 11) is 0. The zero-order valence-corrected chi connectivity index (χ0v) is 7.27. The standard InChI is InChI=1S/C6H12Cl2/c1-5(2,3)6(4,7)8/h1-4H3. The zero-order chi connectivity index (χ0) is 7.00. The fraction of sp³-hybridized carbons (Fsp3) is 1.00. The average Bonchev–Trinajstić information content (AvgIpc) is 1.25. The van der Waals surface area contributed by atoms with Gasteiger partial charge in [0.2, 0.25) is 0 Å². The molecule has 0 saturated carbocycles. The van der Waals surface area contributed by atoms with E-state index in [4.69, 9.17) is 23.2 Å². The number of rotatable bonds is 0. The van der Waals surface area contributed by atoms with Crippen LogP contribution in [0.2, 0.25) is 0 Å². The Labute approximate surface area is 61.2 Å². The molecule has 0 fully saturated rings. The Morgan fingerprint density at radius 1 is 0.875 bits per heavy atom. The molecular weight excluding hydrogens is 143 g/mol. The van der Waals surface area contributed by atoms with Gasteiger partial charge in [-0.25, -0.2) is 0 Å². The maximum absolute atomic E-state index is 5.77. The van der Waals surface area contributed by atoms with Gasteiger partial charge in [-0.15, -0.1) is 23.2 Å². The van der Waals surface area contributed by atoms with E-state index >= 15 is 0 Å². The smallest absolute Gasteiger partial charge is 0.101 e. The summed E-state index contributed by atoms with van der Waals surface area (Å²) < 4.78 is -0.618. The third-order valence-electron chi connectivity index (χ3n) is 1.32. The maximum Gasteiger partial charge on any atom is 0.120 e. The molecule has 0 heterocycles. The van der Waals surface area contributed by atoms with E-state index in [0.717, 1.165) is 0 Å². The summed E-state index contributed by atoms with van der Waals surface area (Å²) in [4.78, 5) is 0. The summed E-state index contributed by atoms with van der Waals surface area (Å²) in [5.74, 6) is 0. The second-order valence-corrected chi connectivity index (χ2v) is 4.84. The van der Waals surface area contributed by atoms with Gasteiger partial charge in [0.25, 0.3) is 0 Å². The lowest BCUT2D eigenvalue weighted by Crippen LogP contribution is -2.27. The van der Waals surface area contributed by atoms with Crippen LogP contribution in [0.5, 0.6) is 0 Å². The van der Waals surface area contributed by atoms with Gasteiger partial charge in [-0.2, -0.15) is 0 Å². The molecule has 2 heteroatoms. The van der Waals surface area contributed by atoms with Crippen molar-refractivity contribution in [2.45, 2.75) is 32.0 Å². The SMILES string of the molecule is CC(C)(C)C(C)(Cl)Cl. The third-order valence-corrected chi connectivity index (χ3v) is 2.45. The van der Waals surface area contributed by atoms with Crippen molar-refractivity contribution in [3.05, 3.63) is 0 Å². The summed E-state index contributed by atoms with van der Waals surface area (Å²) in [6, 6.07) is 0. The molecule has 0 spiro atoms. The van der Waals surface area contributed by atoms with E-state index in [1.54, 1.807) is 6.92 Å². The van der Waals surface area contributed by atoms with Crippen molar-refractivity contribution < 1.29 is 0 Å². The van der Waals surface area contributed by atoms with E-state index in [-0.39, 0.29) is 5.41 Å². The highest BCUT2D eigenvalue weighted by Crippen LogP contribution is 2.39. The Morgan fingerprint density at radius 3 is 1.00 bits per heavy atom. The molecule has 0 atom stereocenters. The lowest BCUT2D eigenvalue weighted by atomic mass is 9.92. The monoisotopic (exact) mass is 154 g/mol. The molecule has 0 rings (SSSR count). The van der Waals surface area contributed by atoms with Crippen molar-refractivity contribution in [3.8, 4) is 0 Å². The predicted molar refractivity (Wildman–Crippen MR) is 39.6 cm³/mol. The van der Waals surface area contributed by atoms with Gasteiger partial charge in [0, 0.05) is 0 Å². The van der Waals surface area contributed by atoms with Gasteiger partial charge in [0.15, 0.2) is 0 Å². The van der Waals surface area contributed by atoms with Crippen LogP contribution in [0, 0.1) is 5.41 Å². The molecule has 0 aromatic carbocycles. The van der Waals surface area contributed by atoms with Crippen molar-refractivity contribution in [2.24, 2.45) is 5.41 Å². The Bertz CT molecular complexity index is 61.5. The predicted octanol–water partition coefficient (Wildman–Crippen LogP) is 3.23. The first-order valence-corrected chi connectivity index (χ1v) is 3.38. The molecule has 0 unspecified atom stereocenters. The second-order valence-electron chi connectivity index (χ2n) is 3.14. The van der Waals surface area contributed by atoms with Crippen LogP contribution in [-0.4, -0.2) is 4.33 Å². The molecule has 0 radical (unpaired) electrons. The first-order chi connectivity index (χ1) is 3.25. The summed E-state index contributed by atoms with van der Waals surface area (Å²) in [6.45, 7) is 7.82. The van der Waals surface area contributed by atoms with Crippen molar-refractivity contribution in [3.63, 3.8) is 0 Å². The summed E-state index contributed by atoms with van der Waals surface area (Å²) in [5.41, 5.74) is -0.0316. The highest BCUT2D eigenvalue weighted by Gasteiger charge is 2.32. The van der Waals surface area contributed by atoms with Crippen molar-refractivity contribution in [1.82, 2.24) is 0 Å². The summed E-state index contributed by atoms with van der Waals surface area (Å²) in [5, 5.41) is 0. The lowest BCUT2D eigenvalue weighted by Gasteiger charge is -2.29. The Hall–Kier alpha value is 0.580. The first-order valence-electron chi connectivity index (χ1n) is 2.63. The molecule has 0 nitrogen and oxygen atoms in total. The summed E-state index contributed by atoms with van der Waals surface area (Å²) >= 11 is 11.5. The van der Waals surface area contributed by atoms with Crippen LogP contribution < -0.4 is 0 Å². The van der Waals surface area contributed by atoms with E-state index in [9.17, 15) is 0 Å². The molecule has 8 heavy (non-hydrogen) atoms. The normalized spacial score (nSPS) is 14.2. The van der Waals surface area contributed by atoms with E-state index < -0.39 is 4.33 Å². The van der Waals surface area contributed by atoms with Gasteiger partial charge >= 0.3 is 0 Å². The van der Waals surface area contributed by atoms with E-state index in [2.05, 4.69) is 0 Å². The fourth-order valence-corrected chi connectivity index (χ4v) is 0. The van der Waals surface area contributed by atoms with Gasteiger partial charge < -0.3 is 0 Å². The minimum atomic E-state index is -0.618. The van der Waals surface area contributed by atoms with Crippen molar-refractivity contribution in [1.29, 1.82) is 0 Å². The Morgan fingerprint density at radius 2 is 1.00 bits per heavy atom. The largest absolute Gasteiger partial charge is 0.120 e. The van der Waals surface area contributed by atoms with Gasteiger partial charge in [-0.05, 0) is 12.3 Å². The van der Waals surface area contributed by atoms with Crippen LogP contribution in [0.25, 0.3) is 0 Å². The van der Waals surface area contributed by atoms with Crippen LogP contribution in [0.3, 0.4) is 0 Å². The quantitative estimate of drug-likeness (QED) is 0.471. The topological polar surface area (TPSA) is 0 Å². The molecule has 0 saturated heterocycles. The number of hydrogen-bond acceptors (Lipinski definition) is 0. The zero-order valence-electron chi connectivity index (χ0n) is 5.76. The highest BCUT2D eigenvalue weighted by atomic mass is 35.5. The van der Waals surface area contributed by atoms with Crippen LogP contribution >= 0.6 is 23.2 Å². The Kier molecular flexibility index (Phi) is 2.22. The molecule has 50 valence electrons. The molecule has 0 aliphatic carbocycles. The Balaban J connectivity index is 4.02. The average molecular weight is 155 g/mol. The third kappa shape index (κ3) is 2.23. The first kappa shape index (κ1) is 8.58. The number of halogens is 2. The van der Waals surface area contributed by atoms with Gasteiger partial charge in [0.1, 0.15) is 4.33 Å². The van der Waals surface area contributed by atoms with Crippen molar-refractivity contribution in [2.75, 3.05) is 0 Å². The summed E-state index contributed by atoms with van der Waals surface area (Å²) in [6.07, 6.45) is 0. The molecular formula is C6H12Cl2. The van der Waals surface area contributed by atoms with Crippen LogP contribution in [0.1, 0.15) is 27.7 Å². The van der Waals surface area contributed by atoms with Crippen LogP contribution in [0.15, 0.2) is 0 Å². The van der Waals surface area contributed by atoms with Crippen LogP contribution in [0.4, 0.5) is 0 Å². The minimum Gasteiger partial charge on any atom is -0.101 e. The minimum absolute atomic E-state index is 0.0316. The van der Waals surface area contributed by atoms with Gasteiger partial charge in [0.05, 0.1) is 0 Å². The number of alkyl halides is 2. The lowest BCUT2D eigenvalue weighted by molar-refractivity contribution is 0.372. The molecule has 0 N–H and O–H groups in total. The van der Waals surface area contributed by atoms with E-state index in [0.29, 0.717) is 0 Å². The second kappa shape index (κ2) is 2.07. The molecule has 0 aromatic rings. The molecule has 0 bridgehead atoms. The van der Waals surface area contributed by atoms with Gasteiger partial charge in [-0.3, -0.25) is 0 Å². The van der Waals surface area contributed by atoms with Gasteiger partial charge in [-0.1, -0.05) is 20.8 Å². The molecule has 0 aliphatic rings. The van der Waals surface area contributed by atoms with Crippen LogP contribution in [-0.2, 0) is 0 Å². The molecule has 0 amide bonds. The van der Waals surface area contributed by atoms with Crippen molar-refractivity contribution >= 4 is 23.2 Å². The van der Waals surface area contributed by atoms with E-state index in [1.807, 2.05) is 20.8 Å². The van der Waals surface area contributed by atoms with E-state index in [1.165, 1.54) is 0 Å². The molecule has 0 aromatic heterocycles. The highest BCUT2D eigenvalue weighted by molar-refractivity contribution is 6.48. The number of hydrogen-bond donors (Lipinski definition) is 0. The fourth-order valence-electron chi connectivity index (χ4n) is 0. The molecule has 0 aliphatic heterocycles.